The highest BCUT2D eigenvalue weighted by Gasteiger charge is 2.43. The first kappa shape index (κ1) is 16.6. The Hall–Kier alpha value is -1.23. The van der Waals surface area contributed by atoms with Crippen molar-refractivity contribution in [1.29, 1.82) is 0 Å². The zero-order valence-electron chi connectivity index (χ0n) is 12.4. The minimum absolute atomic E-state index is 0.0190. The molecule has 0 spiro atoms. The van der Waals surface area contributed by atoms with Gasteiger partial charge in [-0.25, -0.2) is 9.99 Å². The van der Waals surface area contributed by atoms with Crippen LogP contribution in [0.1, 0.15) is 6.23 Å². The molecule has 0 saturated carbocycles. The van der Waals surface area contributed by atoms with Gasteiger partial charge in [0, 0.05) is 14.1 Å². The van der Waals surface area contributed by atoms with Crippen molar-refractivity contribution in [2.75, 3.05) is 25.4 Å². The number of rotatable bonds is 4. The van der Waals surface area contributed by atoms with Crippen molar-refractivity contribution in [3.05, 3.63) is 11.6 Å². The Morgan fingerprint density at radius 3 is 2.70 bits per heavy atom. The second kappa shape index (κ2) is 6.34. The quantitative estimate of drug-likeness (QED) is 0.402. The van der Waals surface area contributed by atoms with E-state index in [1.54, 1.807) is 19.1 Å². The molecule has 0 aliphatic carbocycles. The third-order valence-corrected chi connectivity index (χ3v) is 3.96. The molecule has 4 atom stereocenters. The molecule has 0 radical (unpaired) electrons. The van der Waals surface area contributed by atoms with E-state index in [0.717, 1.165) is 0 Å². The van der Waals surface area contributed by atoms with Crippen LogP contribution in [0.4, 0.5) is 5.82 Å². The molecule has 1 aliphatic heterocycles. The molecule has 1 aliphatic rings. The molecule has 0 bridgehead atoms. The number of anilines is 1. The summed E-state index contributed by atoms with van der Waals surface area (Å²) in [5.74, 6) is 0.482. The first-order chi connectivity index (χ1) is 10.9. The van der Waals surface area contributed by atoms with Crippen LogP contribution in [0, 0.1) is 0 Å². The van der Waals surface area contributed by atoms with Gasteiger partial charge in [0.15, 0.2) is 23.2 Å². The van der Waals surface area contributed by atoms with Crippen molar-refractivity contribution in [1.82, 2.24) is 24.5 Å². The molecule has 2 unspecified atom stereocenters. The topological polar surface area (TPSA) is 109 Å². The number of hydrogen-bond donors (Lipinski definition) is 3. The molecule has 0 amide bonds. The summed E-state index contributed by atoms with van der Waals surface area (Å²) in [5, 5.41) is 21.9. The molecule has 2 aromatic rings. The highest BCUT2D eigenvalue weighted by Crippen LogP contribution is 2.33. The van der Waals surface area contributed by atoms with E-state index < -0.39 is 24.5 Å². The van der Waals surface area contributed by atoms with Gasteiger partial charge in [-0.3, -0.25) is 4.57 Å². The van der Waals surface area contributed by atoms with E-state index in [9.17, 15) is 10.2 Å². The summed E-state index contributed by atoms with van der Waals surface area (Å²) in [6.07, 6.45) is -2.34. The summed E-state index contributed by atoms with van der Waals surface area (Å²) in [7, 11) is 3.59. The monoisotopic (exact) mass is 362 g/mol. The number of fused-ring (bicyclic) bond motifs is 1. The summed E-state index contributed by atoms with van der Waals surface area (Å²) in [6, 6.07) is 0. The van der Waals surface area contributed by atoms with Crippen molar-refractivity contribution >= 4 is 40.2 Å². The molecule has 9 nitrogen and oxygen atoms in total. The third-order valence-electron chi connectivity index (χ3n) is 3.49. The number of nitrogens with zero attached hydrogens (tertiary/aromatic N) is 5. The zero-order chi connectivity index (χ0) is 16.7. The van der Waals surface area contributed by atoms with Crippen molar-refractivity contribution in [2.24, 2.45) is 0 Å². The Kier molecular flexibility index (Phi) is 4.59. The maximum Gasteiger partial charge on any atom is 0.226 e. The summed E-state index contributed by atoms with van der Waals surface area (Å²) in [4.78, 5) is 12.5. The number of aliphatic hydroxyl groups excluding tert-OH is 2. The number of nitrogens with one attached hydrogen (secondary N) is 1. The van der Waals surface area contributed by atoms with Crippen LogP contribution in [0.2, 0.25) is 5.28 Å². The highest BCUT2D eigenvalue weighted by molar-refractivity contribution is 6.28. The molecular formula is C12H16Cl2N6O3. The van der Waals surface area contributed by atoms with Crippen LogP contribution in [0.15, 0.2) is 6.33 Å². The predicted octanol–water partition coefficient (Wildman–Crippen LogP) is 0.226. The van der Waals surface area contributed by atoms with E-state index in [4.69, 9.17) is 27.9 Å². The molecule has 0 aromatic carbocycles. The van der Waals surface area contributed by atoms with E-state index in [0.29, 0.717) is 17.0 Å². The largest absolute Gasteiger partial charge is 0.387 e. The van der Waals surface area contributed by atoms with Crippen molar-refractivity contribution in [3.8, 4) is 0 Å². The van der Waals surface area contributed by atoms with Crippen LogP contribution < -0.4 is 5.43 Å². The van der Waals surface area contributed by atoms with Crippen LogP contribution in [0.25, 0.3) is 11.2 Å². The first-order valence-electron chi connectivity index (χ1n) is 6.84. The number of aromatic nitrogens is 4. The normalized spacial score (nSPS) is 28.0. The SMILES string of the molecule is CN(C)Nc1nc(Cl)nc2c1ncn2[C@@H]1O[C@H](CCl)C(O)C1O. The average Bonchev–Trinajstić information content (AvgIpc) is 3.01. The van der Waals surface area contributed by atoms with Gasteiger partial charge in [0.2, 0.25) is 5.28 Å². The Labute approximate surface area is 141 Å². The van der Waals surface area contributed by atoms with Gasteiger partial charge in [-0.1, -0.05) is 0 Å². The number of hydrazine groups is 1. The predicted molar refractivity (Wildman–Crippen MR) is 84.3 cm³/mol. The number of ether oxygens (including phenoxy) is 1. The number of alkyl halides is 1. The summed E-state index contributed by atoms with van der Waals surface area (Å²) in [5.41, 5.74) is 3.82. The fourth-order valence-corrected chi connectivity index (χ4v) is 2.87. The number of halogens is 2. The molecule has 3 rings (SSSR count). The van der Waals surface area contributed by atoms with E-state index in [2.05, 4.69) is 20.4 Å². The van der Waals surface area contributed by atoms with E-state index in [-0.39, 0.29) is 11.2 Å². The van der Waals surface area contributed by atoms with Gasteiger partial charge in [-0.15, -0.1) is 11.6 Å². The Morgan fingerprint density at radius 2 is 2.09 bits per heavy atom. The van der Waals surface area contributed by atoms with Gasteiger partial charge < -0.3 is 20.4 Å². The fourth-order valence-electron chi connectivity index (χ4n) is 2.45. The minimum atomic E-state index is -1.16. The first-order valence-corrected chi connectivity index (χ1v) is 7.75. The van der Waals surface area contributed by atoms with Crippen LogP contribution >= 0.6 is 23.2 Å². The lowest BCUT2D eigenvalue weighted by Crippen LogP contribution is -2.32. The van der Waals surface area contributed by atoms with Crippen LogP contribution in [0.5, 0.6) is 0 Å². The molecule has 1 saturated heterocycles. The third kappa shape index (κ3) is 2.95. The second-order valence-corrected chi connectivity index (χ2v) is 6.02. The maximum absolute atomic E-state index is 10.2. The van der Waals surface area contributed by atoms with E-state index in [1.165, 1.54) is 10.9 Å². The Morgan fingerprint density at radius 1 is 1.35 bits per heavy atom. The summed E-state index contributed by atoms with van der Waals surface area (Å²) >= 11 is 11.7. The fraction of sp³-hybridized carbons (Fsp3) is 0.583. The summed E-state index contributed by atoms with van der Waals surface area (Å²) < 4.78 is 7.11. The average molecular weight is 363 g/mol. The van der Waals surface area contributed by atoms with Crippen molar-refractivity contribution < 1.29 is 14.9 Å². The van der Waals surface area contributed by atoms with Gasteiger partial charge in [-0.2, -0.15) is 9.97 Å². The van der Waals surface area contributed by atoms with Gasteiger partial charge in [0.25, 0.3) is 0 Å². The Balaban J connectivity index is 2.04. The van der Waals surface area contributed by atoms with Crippen molar-refractivity contribution in [2.45, 2.75) is 24.5 Å². The number of aliphatic hydroxyl groups is 2. The maximum atomic E-state index is 10.2. The van der Waals surface area contributed by atoms with Gasteiger partial charge in [-0.05, 0) is 11.6 Å². The molecule has 1 fully saturated rings. The molecule has 2 aromatic heterocycles. The molecule has 11 heteroatoms. The van der Waals surface area contributed by atoms with Gasteiger partial charge >= 0.3 is 0 Å². The smallest absolute Gasteiger partial charge is 0.226 e. The second-order valence-electron chi connectivity index (χ2n) is 5.37. The molecular weight excluding hydrogens is 347 g/mol. The van der Waals surface area contributed by atoms with Crippen LogP contribution in [-0.2, 0) is 4.74 Å². The van der Waals surface area contributed by atoms with Crippen LogP contribution in [0.3, 0.4) is 0 Å². The van der Waals surface area contributed by atoms with E-state index >= 15 is 0 Å². The van der Waals surface area contributed by atoms with Crippen LogP contribution in [-0.4, -0.2) is 73.0 Å². The van der Waals surface area contributed by atoms with Gasteiger partial charge in [0.05, 0.1) is 12.2 Å². The molecule has 126 valence electrons. The number of imidazole rings is 1. The minimum Gasteiger partial charge on any atom is -0.387 e. The lowest BCUT2D eigenvalue weighted by atomic mass is 10.1. The molecule has 3 heterocycles. The highest BCUT2D eigenvalue weighted by atomic mass is 35.5. The molecule has 3 N–H and O–H groups in total. The van der Waals surface area contributed by atoms with Crippen molar-refractivity contribution in [3.63, 3.8) is 0 Å². The van der Waals surface area contributed by atoms with Gasteiger partial charge in [0.1, 0.15) is 18.3 Å². The summed E-state index contributed by atoms with van der Waals surface area (Å²) in [6.45, 7) is 0. The number of hydrogen-bond acceptors (Lipinski definition) is 8. The lowest BCUT2D eigenvalue weighted by Gasteiger charge is -2.17. The zero-order valence-corrected chi connectivity index (χ0v) is 13.9. The standard InChI is InChI=1S/C12H16Cl2N6O3/c1-19(2)18-9-6-10(17-12(14)16-9)20(4-15-6)11-8(22)7(21)5(3-13)23-11/h4-5,7-8,11,21-22H,3H2,1-2H3,(H,16,17,18)/t5-,7?,8?,11-/m1/s1. The molecule has 23 heavy (non-hydrogen) atoms. The van der Waals surface area contributed by atoms with E-state index in [1.807, 2.05) is 0 Å². The lowest BCUT2D eigenvalue weighted by molar-refractivity contribution is -0.0291. The Bertz CT molecular complexity index is 711.